The number of benzene rings is 2. The predicted octanol–water partition coefficient (Wildman–Crippen LogP) is 3.45. The molecule has 0 aliphatic carbocycles. The van der Waals surface area contributed by atoms with Gasteiger partial charge in [0.15, 0.2) is 10.8 Å². The number of esters is 1. The maximum absolute atomic E-state index is 12.9. The zero-order valence-electron chi connectivity index (χ0n) is 16.1. The predicted molar refractivity (Wildman–Crippen MR) is 111 cm³/mol. The molecule has 0 radical (unpaired) electrons. The first kappa shape index (κ1) is 18.7. The second-order valence-electron chi connectivity index (χ2n) is 7.24. The summed E-state index contributed by atoms with van der Waals surface area (Å²) in [5, 5.41) is 3.98. The molecule has 0 saturated carbocycles. The quantitative estimate of drug-likeness (QED) is 0.617. The minimum atomic E-state index is -0.914. The van der Waals surface area contributed by atoms with Crippen LogP contribution in [-0.4, -0.2) is 34.9 Å². The Kier molecular flexibility index (Phi) is 4.98. The van der Waals surface area contributed by atoms with Crippen molar-refractivity contribution in [1.29, 1.82) is 0 Å². The molecule has 4 rings (SSSR count). The highest BCUT2D eigenvalue weighted by Gasteiger charge is 2.59. The van der Waals surface area contributed by atoms with E-state index in [4.69, 9.17) is 21.7 Å². The van der Waals surface area contributed by atoms with Crippen LogP contribution < -0.4 is 10.1 Å². The summed E-state index contributed by atoms with van der Waals surface area (Å²) in [6.07, 6.45) is 0.795. The normalized spacial score (nSPS) is 25.4. The van der Waals surface area contributed by atoms with Crippen LogP contribution in [0.3, 0.4) is 0 Å². The number of carbonyl (C=O) groups excluding carboxylic acids is 1. The lowest BCUT2D eigenvalue weighted by Crippen LogP contribution is -2.71. The van der Waals surface area contributed by atoms with Crippen LogP contribution in [0.15, 0.2) is 54.6 Å². The van der Waals surface area contributed by atoms with E-state index in [1.165, 1.54) is 5.56 Å². The molecule has 28 heavy (non-hydrogen) atoms. The average molecular weight is 397 g/mol. The largest absolute Gasteiger partial charge is 0.467 e. The lowest BCUT2D eigenvalue weighted by Gasteiger charge is -2.55. The molecular formula is C22H24N2O3S. The van der Waals surface area contributed by atoms with Gasteiger partial charge in [-0.1, -0.05) is 48.5 Å². The van der Waals surface area contributed by atoms with E-state index in [9.17, 15) is 4.79 Å². The first-order chi connectivity index (χ1) is 13.5. The van der Waals surface area contributed by atoms with Gasteiger partial charge in [-0.3, -0.25) is 4.79 Å². The summed E-state index contributed by atoms with van der Waals surface area (Å²) in [5.41, 5.74) is 1.23. The van der Waals surface area contributed by atoms with Crippen molar-refractivity contribution in [3.8, 4) is 5.75 Å². The summed E-state index contributed by atoms with van der Waals surface area (Å²) < 4.78 is 11.9. The first-order valence-corrected chi connectivity index (χ1v) is 10.0. The molecule has 1 saturated heterocycles. The number of nitrogens with zero attached hydrogens (tertiary/aromatic N) is 1. The third kappa shape index (κ3) is 3.11. The number of hydrogen-bond acceptors (Lipinski definition) is 4. The highest BCUT2D eigenvalue weighted by molar-refractivity contribution is 7.80. The second-order valence-corrected chi connectivity index (χ2v) is 7.63. The van der Waals surface area contributed by atoms with Crippen LogP contribution in [0.2, 0.25) is 0 Å². The van der Waals surface area contributed by atoms with Crippen molar-refractivity contribution in [2.45, 2.75) is 32.0 Å². The average Bonchev–Trinajstić information content (AvgIpc) is 2.68. The molecular weight excluding hydrogens is 372 g/mol. The molecule has 2 aliphatic heterocycles. The molecule has 6 heteroatoms. The Hall–Kier alpha value is -2.60. The van der Waals surface area contributed by atoms with Gasteiger partial charge in [0.1, 0.15) is 11.7 Å². The van der Waals surface area contributed by atoms with E-state index in [1.807, 2.05) is 61.2 Å². The summed E-state index contributed by atoms with van der Waals surface area (Å²) in [6.45, 7) is 4.72. The summed E-state index contributed by atoms with van der Waals surface area (Å²) in [4.78, 5) is 14.9. The maximum Gasteiger partial charge on any atom is 0.317 e. The molecule has 1 fully saturated rings. The van der Waals surface area contributed by atoms with Crippen molar-refractivity contribution in [3.05, 3.63) is 65.7 Å². The maximum atomic E-state index is 12.9. The molecule has 3 atom stereocenters. The fourth-order valence-electron chi connectivity index (χ4n) is 4.20. The molecule has 1 N–H and O–H groups in total. The highest BCUT2D eigenvalue weighted by atomic mass is 32.1. The Bertz CT molecular complexity index is 888. The Morgan fingerprint density at radius 3 is 2.68 bits per heavy atom. The Balaban J connectivity index is 1.70. The van der Waals surface area contributed by atoms with Gasteiger partial charge in [-0.25, -0.2) is 0 Å². The lowest BCUT2D eigenvalue weighted by atomic mass is 9.79. The van der Waals surface area contributed by atoms with Crippen LogP contribution >= 0.6 is 12.2 Å². The van der Waals surface area contributed by atoms with Crippen molar-refractivity contribution in [1.82, 2.24) is 10.2 Å². The number of carbonyl (C=O) groups is 1. The zero-order valence-corrected chi connectivity index (χ0v) is 16.9. The van der Waals surface area contributed by atoms with Crippen LogP contribution in [0.4, 0.5) is 0 Å². The van der Waals surface area contributed by atoms with E-state index in [0.717, 1.165) is 17.7 Å². The van der Waals surface area contributed by atoms with Crippen LogP contribution in [0, 0.1) is 5.92 Å². The van der Waals surface area contributed by atoms with Crippen molar-refractivity contribution in [2.75, 3.05) is 13.2 Å². The first-order valence-electron chi connectivity index (χ1n) is 9.61. The van der Waals surface area contributed by atoms with Gasteiger partial charge in [-0.15, -0.1) is 0 Å². The van der Waals surface area contributed by atoms with Gasteiger partial charge in [0.05, 0.1) is 12.6 Å². The molecule has 3 unspecified atom stereocenters. The lowest BCUT2D eigenvalue weighted by molar-refractivity contribution is -0.175. The van der Waals surface area contributed by atoms with Crippen LogP contribution in [0.25, 0.3) is 0 Å². The number of ether oxygens (including phenoxy) is 2. The third-order valence-corrected chi connectivity index (χ3v) is 5.89. The van der Waals surface area contributed by atoms with Crippen molar-refractivity contribution in [3.63, 3.8) is 0 Å². The fourth-order valence-corrected chi connectivity index (χ4v) is 4.60. The minimum Gasteiger partial charge on any atom is -0.467 e. The molecule has 146 valence electrons. The van der Waals surface area contributed by atoms with Gasteiger partial charge in [-0.2, -0.15) is 0 Å². The number of nitrogens with one attached hydrogen (secondary N) is 1. The van der Waals surface area contributed by atoms with Crippen molar-refractivity contribution in [2.24, 2.45) is 5.92 Å². The minimum absolute atomic E-state index is 0.269. The summed E-state index contributed by atoms with van der Waals surface area (Å²) in [6, 6.07) is 17.7. The summed E-state index contributed by atoms with van der Waals surface area (Å²) >= 11 is 5.68. The molecule has 2 aromatic carbocycles. The van der Waals surface area contributed by atoms with Crippen LogP contribution in [0.5, 0.6) is 5.75 Å². The second kappa shape index (κ2) is 7.43. The fraction of sp³-hybridized carbons (Fsp3) is 0.364. The number of hydrogen-bond donors (Lipinski definition) is 1. The number of para-hydroxylation sites is 1. The number of thiocarbonyl (C=S) groups is 1. The van der Waals surface area contributed by atoms with Gasteiger partial charge >= 0.3 is 5.97 Å². The van der Waals surface area contributed by atoms with E-state index in [1.54, 1.807) is 0 Å². The van der Waals surface area contributed by atoms with E-state index in [-0.39, 0.29) is 12.0 Å². The highest BCUT2D eigenvalue weighted by Crippen LogP contribution is 2.48. The topological polar surface area (TPSA) is 50.8 Å². The molecule has 2 aliphatic rings. The van der Waals surface area contributed by atoms with Gasteiger partial charge in [0, 0.05) is 12.1 Å². The number of rotatable bonds is 5. The van der Waals surface area contributed by atoms with E-state index >= 15 is 0 Å². The smallest absolute Gasteiger partial charge is 0.317 e. The molecule has 0 aromatic heterocycles. The molecule has 2 aromatic rings. The molecule has 0 amide bonds. The van der Waals surface area contributed by atoms with Crippen LogP contribution in [-0.2, 0) is 16.0 Å². The van der Waals surface area contributed by atoms with Crippen molar-refractivity contribution < 1.29 is 14.3 Å². The van der Waals surface area contributed by atoms with Crippen LogP contribution in [0.1, 0.15) is 31.0 Å². The molecule has 0 spiro atoms. The SMILES string of the molecule is CCOC(=O)C1C2NC(=S)N(CCc3ccccc3)C1(C)Oc1ccccc12. The molecule has 2 bridgehead atoms. The molecule has 5 nitrogen and oxygen atoms in total. The van der Waals surface area contributed by atoms with E-state index in [2.05, 4.69) is 17.4 Å². The number of fused-ring (bicyclic) bond motifs is 4. The Morgan fingerprint density at radius 2 is 1.93 bits per heavy atom. The van der Waals surface area contributed by atoms with Gasteiger partial charge in [0.2, 0.25) is 0 Å². The zero-order chi connectivity index (χ0) is 19.7. The van der Waals surface area contributed by atoms with Gasteiger partial charge < -0.3 is 19.7 Å². The van der Waals surface area contributed by atoms with Gasteiger partial charge in [0.25, 0.3) is 0 Å². The van der Waals surface area contributed by atoms with Gasteiger partial charge in [-0.05, 0) is 44.1 Å². The monoisotopic (exact) mass is 396 g/mol. The Morgan fingerprint density at radius 1 is 1.21 bits per heavy atom. The Labute approximate surface area is 170 Å². The standard InChI is InChI=1S/C22H24N2O3S/c1-3-26-20(25)18-19-16-11-7-8-12-17(16)27-22(18,2)24(21(28)23-19)14-13-15-9-5-4-6-10-15/h4-12,18-19H,3,13-14H2,1-2H3,(H,23,28). The van der Waals surface area contributed by atoms with Crippen molar-refractivity contribution >= 4 is 23.3 Å². The van der Waals surface area contributed by atoms with E-state index in [0.29, 0.717) is 18.3 Å². The van der Waals surface area contributed by atoms with E-state index < -0.39 is 11.6 Å². The summed E-state index contributed by atoms with van der Waals surface area (Å²) in [5.74, 6) is -0.0238. The third-order valence-electron chi connectivity index (χ3n) is 5.55. The molecule has 2 heterocycles. The summed E-state index contributed by atoms with van der Waals surface area (Å²) in [7, 11) is 0.